The Morgan fingerprint density at radius 1 is 1.43 bits per heavy atom. The molecule has 14 heavy (non-hydrogen) atoms. The second-order valence-corrected chi connectivity index (χ2v) is 4.56. The summed E-state index contributed by atoms with van der Waals surface area (Å²) in [6, 6.07) is 0. The third kappa shape index (κ3) is 2.09. The standard InChI is InChI=1S/C9H14N2O2S/c1-9(2,8(10)14)5-11-6(12)3-4-7(11)13/h3-5H2,1-2H3,(H2,10,14). The van der Waals surface area contributed by atoms with Crippen LogP contribution in [0.4, 0.5) is 0 Å². The first-order chi connectivity index (χ1) is 6.34. The lowest BCUT2D eigenvalue weighted by Crippen LogP contribution is -2.43. The molecule has 1 heterocycles. The fourth-order valence-corrected chi connectivity index (χ4v) is 1.34. The molecule has 2 N–H and O–H groups in total. The largest absolute Gasteiger partial charge is 0.393 e. The maximum Gasteiger partial charge on any atom is 0.229 e. The van der Waals surface area contributed by atoms with E-state index in [4.69, 9.17) is 18.0 Å². The van der Waals surface area contributed by atoms with E-state index in [0.717, 1.165) is 0 Å². The Morgan fingerprint density at radius 2 is 1.86 bits per heavy atom. The second kappa shape index (κ2) is 3.65. The van der Waals surface area contributed by atoms with Crippen LogP contribution >= 0.6 is 12.2 Å². The molecule has 0 aromatic rings. The number of amides is 2. The van der Waals surface area contributed by atoms with Gasteiger partial charge in [0.15, 0.2) is 0 Å². The molecule has 0 aromatic heterocycles. The van der Waals surface area contributed by atoms with Gasteiger partial charge in [0.2, 0.25) is 11.8 Å². The lowest BCUT2D eigenvalue weighted by Gasteiger charge is -2.27. The van der Waals surface area contributed by atoms with Crippen molar-refractivity contribution in [1.29, 1.82) is 0 Å². The average Bonchev–Trinajstić information content (AvgIpc) is 2.35. The fourth-order valence-electron chi connectivity index (χ4n) is 1.27. The topological polar surface area (TPSA) is 63.4 Å². The Bertz CT molecular complexity index is 283. The van der Waals surface area contributed by atoms with Crippen LogP contribution in [0.15, 0.2) is 0 Å². The predicted octanol–water partition coefficient (Wildman–Crippen LogP) is 0.448. The quantitative estimate of drug-likeness (QED) is 0.547. The normalized spacial score (nSPS) is 17.7. The minimum Gasteiger partial charge on any atom is -0.393 e. The smallest absolute Gasteiger partial charge is 0.229 e. The fraction of sp³-hybridized carbons (Fsp3) is 0.667. The zero-order chi connectivity index (χ0) is 10.9. The van der Waals surface area contributed by atoms with Crippen LogP contribution < -0.4 is 5.73 Å². The zero-order valence-electron chi connectivity index (χ0n) is 8.37. The Balaban J connectivity index is 2.73. The van der Waals surface area contributed by atoms with Crippen LogP contribution in [0.1, 0.15) is 26.7 Å². The number of likely N-dealkylation sites (tertiary alicyclic amines) is 1. The summed E-state index contributed by atoms with van der Waals surface area (Å²) in [4.78, 5) is 24.2. The summed E-state index contributed by atoms with van der Waals surface area (Å²) in [7, 11) is 0. The number of thiocarbonyl (C=S) groups is 1. The Morgan fingerprint density at radius 3 is 2.21 bits per heavy atom. The number of imide groups is 1. The van der Waals surface area contributed by atoms with E-state index in [0.29, 0.717) is 24.4 Å². The summed E-state index contributed by atoms with van der Waals surface area (Å²) < 4.78 is 0. The monoisotopic (exact) mass is 214 g/mol. The highest BCUT2D eigenvalue weighted by Gasteiger charge is 2.34. The van der Waals surface area contributed by atoms with Crippen molar-refractivity contribution >= 4 is 29.0 Å². The molecule has 5 heteroatoms. The van der Waals surface area contributed by atoms with E-state index in [1.54, 1.807) is 0 Å². The van der Waals surface area contributed by atoms with E-state index in [1.165, 1.54) is 4.90 Å². The molecule has 1 aliphatic rings. The van der Waals surface area contributed by atoms with Crippen molar-refractivity contribution in [2.45, 2.75) is 26.7 Å². The third-order valence-electron chi connectivity index (χ3n) is 2.38. The predicted molar refractivity (Wildman–Crippen MR) is 56.5 cm³/mol. The molecule has 2 amide bonds. The maximum absolute atomic E-state index is 11.3. The molecule has 1 rings (SSSR count). The molecule has 0 bridgehead atoms. The van der Waals surface area contributed by atoms with E-state index in [2.05, 4.69) is 0 Å². The number of rotatable bonds is 3. The number of hydrogen-bond acceptors (Lipinski definition) is 3. The molecule has 0 spiro atoms. The van der Waals surface area contributed by atoms with Gasteiger partial charge in [-0.25, -0.2) is 0 Å². The van der Waals surface area contributed by atoms with Crippen molar-refractivity contribution in [3.63, 3.8) is 0 Å². The zero-order valence-corrected chi connectivity index (χ0v) is 9.19. The van der Waals surface area contributed by atoms with E-state index in [9.17, 15) is 9.59 Å². The molecular weight excluding hydrogens is 200 g/mol. The summed E-state index contributed by atoms with van der Waals surface area (Å²) in [5, 5.41) is 0. The molecule has 0 radical (unpaired) electrons. The highest BCUT2D eigenvalue weighted by atomic mass is 32.1. The average molecular weight is 214 g/mol. The van der Waals surface area contributed by atoms with E-state index >= 15 is 0 Å². The van der Waals surface area contributed by atoms with Gasteiger partial charge in [-0.3, -0.25) is 14.5 Å². The highest BCUT2D eigenvalue weighted by Crippen LogP contribution is 2.21. The van der Waals surface area contributed by atoms with Gasteiger partial charge in [-0.1, -0.05) is 26.1 Å². The molecule has 0 aromatic carbocycles. The van der Waals surface area contributed by atoms with Crippen LogP contribution in [-0.2, 0) is 9.59 Å². The van der Waals surface area contributed by atoms with Gasteiger partial charge in [0.1, 0.15) is 0 Å². The van der Waals surface area contributed by atoms with Gasteiger partial charge >= 0.3 is 0 Å². The van der Waals surface area contributed by atoms with Crippen LogP contribution in [0.5, 0.6) is 0 Å². The minimum absolute atomic E-state index is 0.126. The Hall–Kier alpha value is -0.970. The van der Waals surface area contributed by atoms with Crippen LogP contribution in [0, 0.1) is 5.41 Å². The van der Waals surface area contributed by atoms with Gasteiger partial charge in [-0.05, 0) is 0 Å². The molecule has 0 saturated carbocycles. The van der Waals surface area contributed by atoms with E-state index in [-0.39, 0.29) is 11.8 Å². The van der Waals surface area contributed by atoms with Crippen LogP contribution in [0.25, 0.3) is 0 Å². The number of nitrogens with zero attached hydrogens (tertiary/aromatic N) is 1. The number of carbonyl (C=O) groups excluding carboxylic acids is 2. The van der Waals surface area contributed by atoms with Crippen LogP contribution in [-0.4, -0.2) is 28.2 Å². The number of hydrogen-bond donors (Lipinski definition) is 1. The number of carbonyl (C=O) groups is 2. The minimum atomic E-state index is -0.481. The van der Waals surface area contributed by atoms with Gasteiger partial charge < -0.3 is 5.73 Å². The summed E-state index contributed by atoms with van der Waals surface area (Å²) in [6.07, 6.45) is 0.624. The van der Waals surface area contributed by atoms with Gasteiger partial charge in [0, 0.05) is 24.8 Å². The molecule has 1 aliphatic heterocycles. The SMILES string of the molecule is CC(C)(CN1C(=O)CCC1=O)C(N)=S. The molecule has 1 saturated heterocycles. The van der Waals surface area contributed by atoms with Crippen LogP contribution in [0.2, 0.25) is 0 Å². The van der Waals surface area contributed by atoms with Gasteiger partial charge in [-0.15, -0.1) is 0 Å². The van der Waals surface area contributed by atoms with Crippen molar-refractivity contribution in [1.82, 2.24) is 4.90 Å². The van der Waals surface area contributed by atoms with Crippen molar-refractivity contribution in [2.24, 2.45) is 11.1 Å². The van der Waals surface area contributed by atoms with Crippen molar-refractivity contribution in [3.05, 3.63) is 0 Å². The Kier molecular flexibility index (Phi) is 2.89. The van der Waals surface area contributed by atoms with Crippen molar-refractivity contribution in [3.8, 4) is 0 Å². The summed E-state index contributed by atoms with van der Waals surface area (Å²) >= 11 is 4.87. The molecular formula is C9H14N2O2S. The van der Waals surface area contributed by atoms with Crippen molar-refractivity contribution < 1.29 is 9.59 Å². The molecule has 0 unspecified atom stereocenters. The molecule has 0 aliphatic carbocycles. The molecule has 0 atom stereocenters. The van der Waals surface area contributed by atoms with Crippen molar-refractivity contribution in [2.75, 3.05) is 6.54 Å². The second-order valence-electron chi connectivity index (χ2n) is 4.12. The first-order valence-electron chi connectivity index (χ1n) is 4.48. The maximum atomic E-state index is 11.3. The Labute approximate surface area is 88.4 Å². The highest BCUT2D eigenvalue weighted by molar-refractivity contribution is 7.80. The van der Waals surface area contributed by atoms with Crippen LogP contribution in [0.3, 0.4) is 0 Å². The molecule has 78 valence electrons. The molecule has 4 nitrogen and oxygen atoms in total. The van der Waals surface area contributed by atoms with Gasteiger partial charge in [-0.2, -0.15) is 0 Å². The first kappa shape index (κ1) is 11.1. The summed E-state index contributed by atoms with van der Waals surface area (Å²) in [5.74, 6) is -0.251. The summed E-state index contributed by atoms with van der Waals surface area (Å²) in [5.41, 5.74) is 5.04. The van der Waals surface area contributed by atoms with E-state index < -0.39 is 5.41 Å². The number of nitrogens with two attached hydrogens (primary N) is 1. The first-order valence-corrected chi connectivity index (χ1v) is 4.88. The lowest BCUT2D eigenvalue weighted by molar-refractivity contribution is -0.139. The summed E-state index contributed by atoms with van der Waals surface area (Å²) in [6.45, 7) is 3.95. The third-order valence-corrected chi connectivity index (χ3v) is 2.93. The molecule has 1 fully saturated rings. The van der Waals surface area contributed by atoms with Gasteiger partial charge in [0.05, 0.1) is 4.99 Å². The lowest BCUT2D eigenvalue weighted by atomic mass is 9.93. The van der Waals surface area contributed by atoms with Gasteiger partial charge in [0.25, 0.3) is 0 Å². The van der Waals surface area contributed by atoms with E-state index in [1.807, 2.05) is 13.8 Å².